The molecule has 0 aliphatic carbocycles. The van der Waals surface area contributed by atoms with Gasteiger partial charge in [-0.2, -0.15) is 0 Å². The van der Waals surface area contributed by atoms with Crippen molar-refractivity contribution in [1.82, 2.24) is 10.3 Å². The summed E-state index contributed by atoms with van der Waals surface area (Å²) in [5.74, 6) is 0.906. The average molecular weight is 278 g/mol. The number of benzene rings is 1. The van der Waals surface area contributed by atoms with Crippen LogP contribution in [0.15, 0.2) is 77.5 Å². The molecule has 0 bridgehead atoms. The fourth-order valence-corrected chi connectivity index (χ4v) is 2.41. The van der Waals surface area contributed by atoms with Gasteiger partial charge in [-0.05, 0) is 36.8 Å². The molecule has 3 nitrogen and oxygen atoms in total. The second-order valence-corrected chi connectivity index (χ2v) is 5.00. The van der Waals surface area contributed by atoms with Crippen molar-refractivity contribution >= 4 is 0 Å². The van der Waals surface area contributed by atoms with E-state index in [0.717, 1.165) is 11.5 Å². The molecule has 0 aliphatic rings. The Balaban J connectivity index is 1.87. The second kappa shape index (κ2) is 6.37. The van der Waals surface area contributed by atoms with Crippen LogP contribution in [-0.4, -0.2) is 4.98 Å². The van der Waals surface area contributed by atoms with Crippen molar-refractivity contribution in [2.24, 2.45) is 0 Å². The Hall–Kier alpha value is -2.39. The van der Waals surface area contributed by atoms with E-state index in [0.29, 0.717) is 0 Å². The molecular weight excluding hydrogens is 260 g/mol. The Morgan fingerprint density at radius 2 is 1.76 bits per heavy atom. The highest BCUT2D eigenvalue weighted by Gasteiger charge is 2.19. The molecule has 1 aromatic carbocycles. The first-order valence-corrected chi connectivity index (χ1v) is 7.10. The summed E-state index contributed by atoms with van der Waals surface area (Å²) in [7, 11) is 0. The van der Waals surface area contributed by atoms with Crippen molar-refractivity contribution in [2.45, 2.75) is 19.0 Å². The van der Waals surface area contributed by atoms with Crippen LogP contribution in [0.5, 0.6) is 0 Å². The molecule has 21 heavy (non-hydrogen) atoms. The van der Waals surface area contributed by atoms with Crippen molar-refractivity contribution in [3.05, 3.63) is 90.1 Å². The highest BCUT2D eigenvalue weighted by atomic mass is 16.3. The van der Waals surface area contributed by atoms with E-state index < -0.39 is 0 Å². The van der Waals surface area contributed by atoms with Gasteiger partial charge in [0.05, 0.1) is 18.0 Å². The molecule has 1 N–H and O–H groups in total. The number of pyridine rings is 1. The molecule has 3 rings (SSSR count). The molecule has 2 aromatic heterocycles. The summed E-state index contributed by atoms with van der Waals surface area (Å²) in [4.78, 5) is 4.41. The Morgan fingerprint density at radius 1 is 0.952 bits per heavy atom. The molecule has 3 heteroatoms. The third kappa shape index (κ3) is 3.20. The van der Waals surface area contributed by atoms with Gasteiger partial charge in [-0.3, -0.25) is 10.3 Å². The van der Waals surface area contributed by atoms with Crippen LogP contribution in [0.25, 0.3) is 0 Å². The third-order valence-corrected chi connectivity index (χ3v) is 3.51. The number of nitrogens with zero attached hydrogens (tertiary/aromatic N) is 1. The maximum Gasteiger partial charge on any atom is 0.125 e. The molecule has 0 amide bonds. The van der Waals surface area contributed by atoms with Crippen LogP contribution >= 0.6 is 0 Å². The summed E-state index contributed by atoms with van der Waals surface area (Å²) in [6.07, 6.45) is 3.52. The molecule has 1 unspecified atom stereocenters. The maximum atomic E-state index is 5.60. The maximum absolute atomic E-state index is 5.60. The molecule has 2 atom stereocenters. The number of furan rings is 1. The summed E-state index contributed by atoms with van der Waals surface area (Å²) in [6, 6.07) is 20.3. The molecule has 106 valence electrons. The van der Waals surface area contributed by atoms with Crippen molar-refractivity contribution in [2.75, 3.05) is 0 Å². The van der Waals surface area contributed by atoms with Crippen LogP contribution in [0.4, 0.5) is 0 Å². The van der Waals surface area contributed by atoms with Crippen molar-refractivity contribution in [3.8, 4) is 0 Å². The van der Waals surface area contributed by atoms with E-state index in [1.807, 2.05) is 54.7 Å². The number of hydrogen-bond donors (Lipinski definition) is 1. The summed E-state index contributed by atoms with van der Waals surface area (Å²) in [5.41, 5.74) is 2.19. The molecule has 2 heterocycles. The van der Waals surface area contributed by atoms with Gasteiger partial charge in [-0.15, -0.1) is 0 Å². The van der Waals surface area contributed by atoms with Gasteiger partial charge in [0, 0.05) is 12.2 Å². The molecule has 0 aliphatic heterocycles. The average Bonchev–Trinajstić information content (AvgIpc) is 3.08. The van der Waals surface area contributed by atoms with Gasteiger partial charge in [-0.1, -0.05) is 36.4 Å². The monoisotopic (exact) mass is 278 g/mol. The highest BCUT2D eigenvalue weighted by Crippen LogP contribution is 2.25. The Bertz CT molecular complexity index is 650. The minimum absolute atomic E-state index is 0.0122. The summed E-state index contributed by atoms with van der Waals surface area (Å²) < 4.78 is 5.60. The first kappa shape index (κ1) is 13.6. The van der Waals surface area contributed by atoms with Crippen molar-refractivity contribution in [1.29, 1.82) is 0 Å². The van der Waals surface area contributed by atoms with E-state index in [2.05, 4.69) is 29.4 Å². The molecule has 0 saturated carbocycles. The number of nitrogens with one attached hydrogen (secondary N) is 1. The van der Waals surface area contributed by atoms with E-state index in [-0.39, 0.29) is 12.1 Å². The predicted octanol–water partition coefficient (Wildman–Crippen LogP) is 4.11. The second-order valence-electron chi connectivity index (χ2n) is 5.00. The SMILES string of the molecule is C[C@H](NC(c1ccccc1)c1ccco1)c1ccccn1. The summed E-state index contributed by atoms with van der Waals surface area (Å²) in [5, 5.41) is 3.60. The molecular formula is C18H18N2O. The predicted molar refractivity (Wildman–Crippen MR) is 82.8 cm³/mol. The number of hydrogen-bond acceptors (Lipinski definition) is 3. The lowest BCUT2D eigenvalue weighted by Gasteiger charge is -2.22. The number of rotatable bonds is 5. The van der Waals surface area contributed by atoms with Crippen molar-refractivity contribution in [3.63, 3.8) is 0 Å². The molecule has 0 fully saturated rings. The lowest BCUT2D eigenvalue weighted by atomic mass is 10.0. The van der Waals surface area contributed by atoms with E-state index >= 15 is 0 Å². The van der Waals surface area contributed by atoms with Crippen LogP contribution in [0, 0.1) is 0 Å². The van der Waals surface area contributed by atoms with Crippen LogP contribution in [0.2, 0.25) is 0 Å². The first-order chi connectivity index (χ1) is 10.3. The molecule has 0 spiro atoms. The first-order valence-electron chi connectivity index (χ1n) is 7.10. The van der Waals surface area contributed by atoms with Crippen LogP contribution in [0.3, 0.4) is 0 Å². The third-order valence-electron chi connectivity index (χ3n) is 3.51. The quantitative estimate of drug-likeness (QED) is 0.763. The zero-order chi connectivity index (χ0) is 14.5. The largest absolute Gasteiger partial charge is 0.467 e. The van der Waals surface area contributed by atoms with E-state index in [9.17, 15) is 0 Å². The zero-order valence-electron chi connectivity index (χ0n) is 11.9. The van der Waals surface area contributed by atoms with Gasteiger partial charge in [0.2, 0.25) is 0 Å². The van der Waals surface area contributed by atoms with Crippen LogP contribution in [0.1, 0.15) is 36.0 Å². The Kier molecular flexibility index (Phi) is 4.12. The lowest BCUT2D eigenvalue weighted by molar-refractivity contribution is 0.416. The highest BCUT2D eigenvalue weighted by molar-refractivity contribution is 5.27. The lowest BCUT2D eigenvalue weighted by Crippen LogP contribution is -2.25. The topological polar surface area (TPSA) is 38.1 Å². The van der Waals surface area contributed by atoms with Gasteiger partial charge in [0.15, 0.2) is 0 Å². The Labute approximate surface area is 124 Å². The molecule has 0 radical (unpaired) electrons. The van der Waals surface area contributed by atoms with Crippen LogP contribution in [-0.2, 0) is 0 Å². The van der Waals surface area contributed by atoms with Gasteiger partial charge in [0.25, 0.3) is 0 Å². The van der Waals surface area contributed by atoms with Gasteiger partial charge in [0.1, 0.15) is 5.76 Å². The van der Waals surface area contributed by atoms with Crippen LogP contribution < -0.4 is 5.32 Å². The van der Waals surface area contributed by atoms with E-state index in [1.54, 1.807) is 6.26 Å². The zero-order valence-corrected chi connectivity index (χ0v) is 11.9. The summed E-state index contributed by atoms with van der Waals surface area (Å²) in [6.45, 7) is 2.11. The van der Waals surface area contributed by atoms with Gasteiger partial charge < -0.3 is 4.42 Å². The standard InChI is InChI=1S/C18H18N2O/c1-14(16-10-5-6-12-19-16)20-18(17-11-7-13-21-17)15-8-3-2-4-9-15/h2-14,18,20H,1H3/t14-,18?/m0/s1. The minimum atomic E-state index is 0.0122. The van der Waals surface area contributed by atoms with Gasteiger partial charge >= 0.3 is 0 Å². The smallest absolute Gasteiger partial charge is 0.125 e. The Morgan fingerprint density at radius 3 is 2.43 bits per heavy atom. The normalized spacial score (nSPS) is 13.8. The van der Waals surface area contributed by atoms with Gasteiger partial charge in [-0.25, -0.2) is 0 Å². The molecule has 3 aromatic rings. The van der Waals surface area contributed by atoms with E-state index in [4.69, 9.17) is 4.42 Å². The van der Waals surface area contributed by atoms with Crippen molar-refractivity contribution < 1.29 is 4.42 Å². The fraction of sp³-hybridized carbons (Fsp3) is 0.167. The number of aromatic nitrogens is 1. The van der Waals surface area contributed by atoms with E-state index in [1.165, 1.54) is 5.56 Å². The molecule has 0 saturated heterocycles. The fourth-order valence-electron chi connectivity index (χ4n) is 2.41. The summed E-state index contributed by atoms with van der Waals surface area (Å²) >= 11 is 0. The minimum Gasteiger partial charge on any atom is -0.467 e.